The summed E-state index contributed by atoms with van der Waals surface area (Å²) in [5.41, 5.74) is 2.77. The molecular weight excluding hydrogens is 358 g/mol. The van der Waals surface area contributed by atoms with E-state index in [1.54, 1.807) is 23.3 Å². The second kappa shape index (κ2) is 17.2. The first-order chi connectivity index (χ1) is 6.95. The minimum Gasteiger partial charge on any atom is -0.213 e. The van der Waals surface area contributed by atoms with Crippen LogP contribution in [-0.2, 0) is 29.8 Å². The number of halogens is 2. The van der Waals surface area contributed by atoms with Gasteiger partial charge in [0.2, 0.25) is 0 Å². The van der Waals surface area contributed by atoms with E-state index < -0.39 is 0 Å². The van der Waals surface area contributed by atoms with Gasteiger partial charge in [-0.1, -0.05) is 35.9 Å². The normalized spacial score (nSPS) is 6.83. The van der Waals surface area contributed by atoms with E-state index in [-0.39, 0.29) is 39.7 Å². The predicted octanol–water partition coefficient (Wildman–Crippen LogP) is 3.82. The average Bonchev–Trinajstić information content (AvgIpc) is 2.75. The van der Waals surface area contributed by atoms with Gasteiger partial charge < -0.3 is 14.9 Å². The smallest absolute Gasteiger partial charge is 0.0485 e. The van der Waals surface area contributed by atoms with Gasteiger partial charge in [-0.05, 0) is 6.42 Å². The zero-order valence-electron chi connectivity index (χ0n) is 10.9. The molecule has 0 saturated carbocycles. The van der Waals surface area contributed by atoms with Crippen LogP contribution in [0.15, 0.2) is 54.6 Å². The van der Waals surface area contributed by atoms with E-state index in [0.29, 0.717) is 0 Å². The topological polar surface area (TPSA) is 0 Å². The maximum Gasteiger partial charge on any atom is -0.0485 e. The van der Waals surface area contributed by atoms with Crippen LogP contribution in [0.2, 0.25) is 0 Å². The van der Waals surface area contributed by atoms with E-state index in [0.717, 1.165) is 6.42 Å². The van der Waals surface area contributed by atoms with Crippen LogP contribution in [0, 0.1) is 14.9 Å². The van der Waals surface area contributed by atoms with Crippen molar-refractivity contribution < 1.29 is 23.3 Å². The summed E-state index contributed by atoms with van der Waals surface area (Å²) in [4.78, 5) is 0. The van der Waals surface area contributed by atoms with Crippen LogP contribution in [0.5, 0.6) is 0 Å². The van der Waals surface area contributed by atoms with Gasteiger partial charge in [-0.25, -0.2) is 12.1 Å². The predicted molar refractivity (Wildman–Crippen MR) is 87.2 cm³/mol. The molecule has 4 heteroatoms. The van der Waals surface area contributed by atoms with Crippen molar-refractivity contribution in [2.45, 2.75) is 6.42 Å². The summed E-state index contributed by atoms with van der Waals surface area (Å²) in [6, 6.07) is 19.0. The third-order valence-electron chi connectivity index (χ3n) is 1.98. The van der Waals surface area contributed by atoms with Crippen molar-refractivity contribution >= 4 is 31.7 Å². The third kappa shape index (κ3) is 10.2. The Kier molecular flexibility index (Phi) is 25.6. The summed E-state index contributed by atoms with van der Waals surface area (Å²) in [7, 11) is 0. The minimum absolute atomic E-state index is 0. The molecule has 0 atom stereocenters. The summed E-state index contributed by atoms with van der Waals surface area (Å²) in [6.07, 6.45) is 1.05. The van der Waals surface area contributed by atoms with Crippen molar-refractivity contribution in [2.75, 3.05) is 0 Å². The molecule has 18 heavy (non-hydrogen) atoms. The molecule has 0 unspecified atom stereocenters. The molecule has 0 saturated heterocycles. The molecule has 0 fully saturated rings. The molecule has 0 bridgehead atoms. The second-order valence-corrected chi connectivity index (χ2v) is 2.96. The van der Waals surface area contributed by atoms with Gasteiger partial charge in [0.1, 0.15) is 0 Å². The Labute approximate surface area is 141 Å². The molecule has 0 radical (unpaired) electrons. The molecule has 2 aromatic rings. The molecule has 0 aromatic heterocycles. The maximum atomic E-state index is 2.16. The Morgan fingerprint density at radius 1 is 0.833 bits per heavy atom. The number of rotatable bonds is 2. The molecule has 0 aliphatic carbocycles. The van der Waals surface area contributed by atoms with E-state index in [1.165, 1.54) is 11.1 Å². The van der Waals surface area contributed by atoms with Crippen molar-refractivity contribution in [1.82, 2.24) is 0 Å². The molecule has 2 rings (SSSR count). The van der Waals surface area contributed by atoms with Crippen LogP contribution in [0.25, 0.3) is 0 Å². The summed E-state index contributed by atoms with van der Waals surface area (Å²) >= 11 is 1.58. The van der Waals surface area contributed by atoms with E-state index in [1.807, 2.05) is 6.88 Å². The minimum atomic E-state index is 0. The SMILES string of the molecule is Cl.Cl.[CH3-].[CH3-].[SiH2]=[Zr].c1ccc(C[c-]2cccc2)cc1. The zero-order valence-corrected chi connectivity index (χ0v) is 16.4. The summed E-state index contributed by atoms with van der Waals surface area (Å²) < 4.78 is 0. The van der Waals surface area contributed by atoms with Crippen molar-refractivity contribution in [3.8, 4) is 0 Å². The maximum absolute atomic E-state index is 2.16. The number of benzene rings is 1. The number of hydrogen-bond acceptors (Lipinski definition) is 0. The van der Waals surface area contributed by atoms with Crippen LogP contribution < -0.4 is 0 Å². The fraction of sp³-hybridized carbons (Fsp3) is 0.0714. The van der Waals surface area contributed by atoms with Gasteiger partial charge in [-0.15, -0.1) is 24.8 Å². The van der Waals surface area contributed by atoms with Crippen LogP contribution in [0.1, 0.15) is 11.1 Å². The van der Waals surface area contributed by atoms with E-state index in [2.05, 4.69) is 54.6 Å². The van der Waals surface area contributed by atoms with Gasteiger partial charge in [0.05, 0.1) is 0 Å². The van der Waals surface area contributed by atoms with Crippen molar-refractivity contribution in [3.63, 3.8) is 0 Å². The summed E-state index contributed by atoms with van der Waals surface area (Å²) in [5.74, 6) is 0. The molecule has 0 aliphatic heterocycles. The Morgan fingerprint density at radius 2 is 1.28 bits per heavy atom. The fourth-order valence-corrected chi connectivity index (χ4v) is 1.36. The van der Waals surface area contributed by atoms with Crippen LogP contribution in [0.3, 0.4) is 0 Å². The standard InChI is InChI=1S/C12H11.2CH3.2ClH.H2Si.Zr/c1-2-6-11(7-3-1)10-12-8-4-5-9-12;;;;;;/h1-9H,10H2;2*1H3;2*1H;1H2;/q3*-1;;;;. The first-order valence-electron chi connectivity index (χ1n) is 4.55. The monoisotopic (exact) mass is 377 g/mol. The van der Waals surface area contributed by atoms with Gasteiger partial charge in [-0.3, -0.25) is 0 Å². The molecule has 0 amide bonds. The third-order valence-corrected chi connectivity index (χ3v) is 1.98. The number of hydrogen-bond donors (Lipinski definition) is 0. The summed E-state index contributed by atoms with van der Waals surface area (Å²) in [6.45, 7) is 1.95. The Balaban J connectivity index is -0.000000156. The summed E-state index contributed by atoms with van der Waals surface area (Å²) in [5, 5.41) is 0. The second-order valence-electron chi connectivity index (χ2n) is 2.96. The first-order valence-corrected chi connectivity index (χ1v) is 10.5. The molecule has 0 nitrogen and oxygen atoms in total. The Morgan fingerprint density at radius 3 is 1.72 bits per heavy atom. The van der Waals surface area contributed by atoms with Gasteiger partial charge in [-0.2, -0.15) is 17.7 Å². The molecule has 2 aromatic carbocycles. The van der Waals surface area contributed by atoms with Crippen molar-refractivity contribution in [3.05, 3.63) is 80.6 Å². The molecular formula is C14H21Cl2SiZr-3. The Bertz CT molecular complexity index is 349. The Hall–Kier alpha value is 0.250. The van der Waals surface area contributed by atoms with Crippen LogP contribution in [0.4, 0.5) is 0 Å². The van der Waals surface area contributed by atoms with Gasteiger partial charge >= 0.3 is 30.2 Å². The zero-order chi connectivity index (χ0) is 10.2. The van der Waals surface area contributed by atoms with Crippen LogP contribution in [-0.4, -0.2) is 6.88 Å². The van der Waals surface area contributed by atoms with Crippen LogP contribution >= 0.6 is 24.8 Å². The molecule has 0 aliphatic rings. The molecule has 0 heterocycles. The molecule has 0 spiro atoms. The van der Waals surface area contributed by atoms with E-state index >= 15 is 0 Å². The van der Waals surface area contributed by atoms with Crippen molar-refractivity contribution in [1.29, 1.82) is 0 Å². The molecule has 0 N–H and O–H groups in total. The van der Waals surface area contributed by atoms with Crippen molar-refractivity contribution in [2.24, 2.45) is 0 Å². The molecule has 102 valence electrons. The fourth-order valence-electron chi connectivity index (χ4n) is 1.36. The first kappa shape index (κ1) is 26.7. The van der Waals surface area contributed by atoms with Gasteiger partial charge in [0, 0.05) is 0 Å². The van der Waals surface area contributed by atoms with Gasteiger partial charge in [0.25, 0.3) is 0 Å². The average molecular weight is 380 g/mol. The quantitative estimate of drug-likeness (QED) is 0.550. The van der Waals surface area contributed by atoms with Gasteiger partial charge in [0.15, 0.2) is 0 Å². The van der Waals surface area contributed by atoms with E-state index in [9.17, 15) is 0 Å². The largest absolute Gasteiger partial charge is 0.213 e. The van der Waals surface area contributed by atoms with E-state index in [4.69, 9.17) is 0 Å².